The molecule has 188 valence electrons. The third-order valence-electron chi connectivity index (χ3n) is 6.00. The summed E-state index contributed by atoms with van der Waals surface area (Å²) in [5.41, 5.74) is 0. The second kappa shape index (κ2) is 21.6. The van der Waals surface area contributed by atoms with Crippen LogP contribution < -0.4 is 0 Å². The van der Waals surface area contributed by atoms with E-state index >= 15 is 0 Å². The predicted molar refractivity (Wildman–Crippen MR) is 133 cm³/mol. The molecule has 0 spiro atoms. The van der Waals surface area contributed by atoms with Crippen LogP contribution in [-0.2, 0) is 9.53 Å². The van der Waals surface area contributed by atoms with Crippen LogP contribution in [0.15, 0.2) is 24.8 Å². The number of carbonyl (C=O) groups excluding carboxylic acids is 1. The lowest BCUT2D eigenvalue weighted by Gasteiger charge is -2.11. The highest BCUT2D eigenvalue weighted by molar-refractivity contribution is 5.69. The lowest BCUT2D eigenvalue weighted by Crippen LogP contribution is -2.12. The summed E-state index contributed by atoms with van der Waals surface area (Å²) < 4.78 is 32.2. The Balaban J connectivity index is 3.51. The summed E-state index contributed by atoms with van der Waals surface area (Å²) in [6, 6.07) is 0. The van der Waals surface area contributed by atoms with Gasteiger partial charge in [-0.25, -0.2) is 8.78 Å². The Morgan fingerprint density at radius 2 is 1.50 bits per heavy atom. The highest BCUT2D eigenvalue weighted by atomic mass is 19.3. The first-order chi connectivity index (χ1) is 15.4. The van der Waals surface area contributed by atoms with Gasteiger partial charge in [-0.05, 0) is 43.8 Å². The molecular weight excluding hydrogens is 406 g/mol. The van der Waals surface area contributed by atoms with Crippen LogP contribution in [0.3, 0.4) is 0 Å². The number of alkyl halides is 2. The molecule has 1 atom stereocenters. The molecule has 32 heavy (non-hydrogen) atoms. The van der Waals surface area contributed by atoms with E-state index < -0.39 is 5.92 Å². The molecule has 0 amide bonds. The minimum absolute atomic E-state index is 0.0606. The number of halogens is 2. The van der Waals surface area contributed by atoms with Crippen molar-refractivity contribution in [3.8, 4) is 0 Å². The highest BCUT2D eigenvalue weighted by Crippen LogP contribution is 2.23. The second-order valence-electron chi connectivity index (χ2n) is 9.35. The Morgan fingerprint density at radius 3 is 2.12 bits per heavy atom. The Bertz CT molecular complexity index is 474. The zero-order valence-corrected chi connectivity index (χ0v) is 21.0. The molecule has 0 N–H and O–H groups in total. The van der Waals surface area contributed by atoms with Crippen molar-refractivity contribution in [2.24, 2.45) is 5.92 Å². The molecule has 0 aliphatic heterocycles. The number of allylic oxidation sites excluding steroid dienone is 2. The summed E-state index contributed by atoms with van der Waals surface area (Å²) in [7, 11) is 0. The zero-order chi connectivity index (χ0) is 23.9. The van der Waals surface area contributed by atoms with E-state index in [-0.39, 0.29) is 19.0 Å². The number of unbranched alkanes of at least 4 members (excludes halogenated alkanes) is 11. The molecular formula is C28H50F2O2. The van der Waals surface area contributed by atoms with Crippen molar-refractivity contribution >= 4 is 5.97 Å². The zero-order valence-electron chi connectivity index (χ0n) is 21.0. The smallest absolute Gasteiger partial charge is 0.306 e. The van der Waals surface area contributed by atoms with Gasteiger partial charge in [0.2, 0.25) is 0 Å². The topological polar surface area (TPSA) is 26.3 Å². The van der Waals surface area contributed by atoms with Gasteiger partial charge in [0.25, 0.3) is 5.92 Å². The molecule has 2 nitrogen and oxygen atoms in total. The maximum atomic E-state index is 13.6. The highest BCUT2D eigenvalue weighted by Gasteiger charge is 2.23. The number of carbonyl (C=O) groups is 1. The van der Waals surface area contributed by atoms with Crippen molar-refractivity contribution in [2.45, 2.75) is 135 Å². The number of ether oxygens (including phenoxy) is 1. The van der Waals surface area contributed by atoms with Gasteiger partial charge in [-0.1, -0.05) is 97.0 Å². The molecule has 0 aliphatic rings. The number of esters is 1. The van der Waals surface area contributed by atoms with Gasteiger partial charge in [-0.2, -0.15) is 0 Å². The quantitative estimate of drug-likeness (QED) is 0.0869. The summed E-state index contributed by atoms with van der Waals surface area (Å²) in [4.78, 5) is 11.7. The Labute approximate surface area is 197 Å². The normalized spacial score (nSPS) is 12.9. The summed E-state index contributed by atoms with van der Waals surface area (Å²) in [6.07, 6.45) is 22.6. The fraction of sp³-hybridized carbons (Fsp3) is 0.821. The first kappa shape index (κ1) is 30.8. The number of hydrogen-bond acceptors (Lipinski definition) is 2. The SMILES string of the molecule is C=CCCCCCCCC(C)CCCCCCCC(=O)OC/C=C\C(F)(F)CCCCC. The molecule has 0 fully saturated rings. The molecule has 0 saturated heterocycles. The maximum absolute atomic E-state index is 13.6. The van der Waals surface area contributed by atoms with Crippen LogP contribution in [0.2, 0.25) is 0 Å². The molecule has 0 aromatic heterocycles. The third-order valence-corrected chi connectivity index (χ3v) is 6.00. The van der Waals surface area contributed by atoms with Gasteiger partial charge in [0.1, 0.15) is 6.61 Å². The molecule has 0 saturated carbocycles. The van der Waals surface area contributed by atoms with Crippen molar-refractivity contribution < 1.29 is 18.3 Å². The first-order valence-corrected chi connectivity index (χ1v) is 13.2. The van der Waals surface area contributed by atoms with Crippen LogP contribution in [0, 0.1) is 5.92 Å². The minimum Gasteiger partial charge on any atom is -0.461 e. The average molecular weight is 457 g/mol. The van der Waals surface area contributed by atoms with Crippen molar-refractivity contribution in [3.05, 3.63) is 24.8 Å². The molecule has 0 aliphatic carbocycles. The fourth-order valence-corrected chi connectivity index (χ4v) is 3.88. The molecule has 4 heteroatoms. The van der Waals surface area contributed by atoms with E-state index in [0.29, 0.717) is 12.8 Å². The van der Waals surface area contributed by atoms with Crippen LogP contribution in [0.4, 0.5) is 8.78 Å². The van der Waals surface area contributed by atoms with Crippen LogP contribution in [0.5, 0.6) is 0 Å². The van der Waals surface area contributed by atoms with E-state index in [2.05, 4.69) is 13.5 Å². The maximum Gasteiger partial charge on any atom is 0.306 e. The van der Waals surface area contributed by atoms with Gasteiger partial charge in [0.15, 0.2) is 0 Å². The largest absolute Gasteiger partial charge is 0.461 e. The van der Waals surface area contributed by atoms with Gasteiger partial charge >= 0.3 is 5.97 Å². The van der Waals surface area contributed by atoms with Crippen molar-refractivity contribution in [1.82, 2.24) is 0 Å². The summed E-state index contributed by atoms with van der Waals surface area (Å²) >= 11 is 0. The summed E-state index contributed by atoms with van der Waals surface area (Å²) in [6.45, 7) is 8.06. The average Bonchev–Trinajstić information content (AvgIpc) is 2.75. The van der Waals surface area contributed by atoms with Gasteiger partial charge in [-0.15, -0.1) is 6.58 Å². The van der Waals surface area contributed by atoms with Crippen molar-refractivity contribution in [3.63, 3.8) is 0 Å². The molecule has 0 radical (unpaired) electrons. The third kappa shape index (κ3) is 22.0. The molecule has 0 rings (SSSR count). The lowest BCUT2D eigenvalue weighted by molar-refractivity contribution is -0.142. The Hall–Kier alpha value is -1.19. The van der Waals surface area contributed by atoms with E-state index in [4.69, 9.17) is 4.74 Å². The first-order valence-electron chi connectivity index (χ1n) is 13.2. The standard InChI is InChI=1S/C28H50F2O2/c1-4-6-8-9-10-12-15-20-26(3)21-16-13-11-14-17-22-27(31)32-25-19-24-28(29,30)23-18-7-5-2/h4,19,24,26H,1,5-18,20-23,25H2,2-3H3/b24-19-. The molecule has 0 aromatic rings. The van der Waals surface area contributed by atoms with Crippen LogP contribution in [0.25, 0.3) is 0 Å². The molecule has 0 bridgehead atoms. The van der Waals surface area contributed by atoms with Crippen LogP contribution in [-0.4, -0.2) is 18.5 Å². The molecule has 0 aromatic carbocycles. The van der Waals surface area contributed by atoms with Gasteiger partial charge < -0.3 is 4.74 Å². The van der Waals surface area contributed by atoms with E-state index in [0.717, 1.165) is 50.5 Å². The van der Waals surface area contributed by atoms with E-state index in [1.54, 1.807) is 0 Å². The predicted octanol–water partition coefficient (Wildman–Crippen LogP) is 9.58. The lowest BCUT2D eigenvalue weighted by atomic mass is 9.96. The van der Waals surface area contributed by atoms with Crippen LogP contribution >= 0.6 is 0 Å². The van der Waals surface area contributed by atoms with Gasteiger partial charge in [-0.3, -0.25) is 4.79 Å². The number of hydrogen-bond donors (Lipinski definition) is 0. The fourth-order valence-electron chi connectivity index (χ4n) is 3.88. The van der Waals surface area contributed by atoms with Gasteiger partial charge in [0.05, 0.1) is 0 Å². The monoisotopic (exact) mass is 456 g/mol. The second-order valence-corrected chi connectivity index (χ2v) is 9.35. The minimum atomic E-state index is -2.80. The molecule has 1 unspecified atom stereocenters. The Kier molecular flexibility index (Phi) is 20.8. The summed E-state index contributed by atoms with van der Waals surface area (Å²) in [5.74, 6) is -2.28. The Morgan fingerprint density at radius 1 is 0.906 bits per heavy atom. The van der Waals surface area contributed by atoms with Gasteiger partial charge in [0, 0.05) is 12.8 Å². The van der Waals surface area contributed by atoms with E-state index in [1.807, 2.05) is 13.0 Å². The van der Waals surface area contributed by atoms with Crippen molar-refractivity contribution in [1.29, 1.82) is 0 Å². The summed E-state index contributed by atoms with van der Waals surface area (Å²) in [5, 5.41) is 0. The van der Waals surface area contributed by atoms with E-state index in [9.17, 15) is 13.6 Å². The van der Waals surface area contributed by atoms with Crippen LogP contribution in [0.1, 0.15) is 129 Å². The molecule has 0 heterocycles. The number of rotatable bonds is 23. The van der Waals surface area contributed by atoms with E-state index in [1.165, 1.54) is 63.9 Å². The van der Waals surface area contributed by atoms with Crippen molar-refractivity contribution in [2.75, 3.05) is 6.61 Å².